The quantitative estimate of drug-likeness (QED) is 0.0582. The molecule has 362 valence electrons. The number of methoxy groups -OCH3 is 2. The Morgan fingerprint density at radius 1 is 1.00 bits per heavy atom. The van der Waals surface area contributed by atoms with Gasteiger partial charge in [-0.15, -0.1) is 0 Å². The zero-order chi connectivity index (χ0) is 47.5. The molecule has 0 aliphatic carbocycles. The monoisotopic (exact) mass is 898 g/mol. The number of nitrogens with zero attached hydrogens (tertiary/aromatic N) is 3. The van der Waals surface area contributed by atoms with E-state index in [1.807, 2.05) is 64.7 Å². The van der Waals surface area contributed by atoms with E-state index in [2.05, 4.69) is 10.1 Å². The molecule has 4 N–H and O–H groups in total. The number of aliphatic hydroxyl groups is 4. The summed E-state index contributed by atoms with van der Waals surface area (Å²) in [4.78, 5) is 37.5. The van der Waals surface area contributed by atoms with Crippen LogP contribution in [0.25, 0.3) is 0 Å². The van der Waals surface area contributed by atoms with E-state index < -0.39 is 54.4 Å². The lowest BCUT2D eigenvalue weighted by Gasteiger charge is -2.40. The highest BCUT2D eigenvalue weighted by atomic mass is 16.6. The van der Waals surface area contributed by atoms with Crippen molar-refractivity contribution in [2.75, 3.05) is 47.0 Å². The Kier molecular flexibility index (Phi) is 23.8. The van der Waals surface area contributed by atoms with E-state index in [9.17, 15) is 30.0 Å². The predicted molar refractivity (Wildman–Crippen MR) is 253 cm³/mol. The van der Waals surface area contributed by atoms with Crippen LogP contribution in [0.4, 0.5) is 0 Å². The lowest BCUT2D eigenvalue weighted by molar-refractivity contribution is -0.161. The minimum atomic E-state index is -1.18. The second-order valence-corrected chi connectivity index (χ2v) is 18.6. The Morgan fingerprint density at radius 2 is 1.67 bits per heavy atom. The first-order valence-electron chi connectivity index (χ1n) is 23.7. The second-order valence-electron chi connectivity index (χ2n) is 18.6. The zero-order valence-electron chi connectivity index (χ0n) is 40.8. The standard InChI is InChI=1S/C51H83N3O10/c1-12-18-43(55)35(5)21-22-42(52-63-32-46(56)54-27-23-40(24-28-54)53-25-15-14-16-26-53)38(8)49(59)39(9)50-44(61-10)20-17-19-33(3)29-36(6)47(57)41(13-2)48(58)37(7)30-34(4)31-45(62-11)51(60)64-50/h12,17-22,30-31,35-41,43-44,47-50,55,57-59H,13-16,23-29,32H2,1-11H3/b18-12+,20-17+,22-21+,33-19+,34-30+,45-31?,52-42-. The normalized spacial score (nSPS) is 31.6. The molecule has 3 rings (SSSR count). The van der Waals surface area contributed by atoms with Crippen LogP contribution in [0.1, 0.15) is 107 Å². The van der Waals surface area contributed by atoms with Crippen molar-refractivity contribution in [3.05, 3.63) is 71.6 Å². The smallest absolute Gasteiger partial charge is 0.373 e. The lowest BCUT2D eigenvalue weighted by Crippen LogP contribution is -2.48. The van der Waals surface area contributed by atoms with Gasteiger partial charge in [-0.2, -0.15) is 0 Å². The largest absolute Gasteiger partial charge is 0.490 e. The maximum Gasteiger partial charge on any atom is 0.373 e. The van der Waals surface area contributed by atoms with Crippen LogP contribution in [0.5, 0.6) is 0 Å². The number of ether oxygens (including phenoxy) is 3. The molecular formula is C51H83N3O10. The maximum atomic E-state index is 14.0. The summed E-state index contributed by atoms with van der Waals surface area (Å²) in [6.45, 7) is 20.2. The van der Waals surface area contributed by atoms with Gasteiger partial charge in [0.2, 0.25) is 5.76 Å². The van der Waals surface area contributed by atoms with Gasteiger partial charge in [0.05, 0.1) is 37.2 Å². The fourth-order valence-electron chi connectivity index (χ4n) is 9.31. The molecule has 2 fully saturated rings. The first kappa shape index (κ1) is 54.7. The fraction of sp³-hybridized carbons (Fsp3) is 0.706. The first-order valence-corrected chi connectivity index (χ1v) is 23.7. The third-order valence-electron chi connectivity index (χ3n) is 13.6. The summed E-state index contributed by atoms with van der Waals surface area (Å²) in [7, 11) is 2.88. The van der Waals surface area contributed by atoms with Crippen molar-refractivity contribution in [1.29, 1.82) is 0 Å². The highest BCUT2D eigenvalue weighted by Crippen LogP contribution is 2.31. The lowest BCUT2D eigenvalue weighted by atomic mass is 9.79. The Balaban J connectivity index is 1.95. The minimum Gasteiger partial charge on any atom is -0.490 e. The van der Waals surface area contributed by atoms with E-state index in [0.717, 1.165) is 31.5 Å². The number of allylic oxidation sites excluding steroid dienone is 7. The molecule has 3 aliphatic rings. The van der Waals surface area contributed by atoms with Crippen LogP contribution in [0.15, 0.2) is 76.7 Å². The number of aliphatic hydroxyl groups excluding tert-OH is 4. The van der Waals surface area contributed by atoms with Crippen molar-refractivity contribution >= 4 is 17.6 Å². The predicted octanol–water partition coefficient (Wildman–Crippen LogP) is 6.93. The highest BCUT2D eigenvalue weighted by Gasteiger charge is 2.38. The number of piperidine rings is 2. The number of hydrogen-bond donors (Lipinski definition) is 4. The Bertz CT molecular complexity index is 1660. The Hall–Kier alpha value is -3.59. The van der Waals surface area contributed by atoms with E-state index in [4.69, 9.17) is 19.0 Å². The molecule has 12 atom stereocenters. The van der Waals surface area contributed by atoms with Crippen LogP contribution in [0.2, 0.25) is 0 Å². The molecule has 1 amide bonds. The molecule has 12 unspecified atom stereocenters. The molecule has 2 saturated heterocycles. The number of carbonyl (C=O) groups excluding carboxylic acids is 2. The van der Waals surface area contributed by atoms with Gasteiger partial charge in [0, 0.05) is 55.8 Å². The van der Waals surface area contributed by atoms with Gasteiger partial charge in [0.1, 0.15) is 12.2 Å². The van der Waals surface area contributed by atoms with Crippen molar-refractivity contribution in [3.63, 3.8) is 0 Å². The number of hydrogen-bond acceptors (Lipinski definition) is 12. The number of oxime groups is 1. The van der Waals surface area contributed by atoms with Crippen molar-refractivity contribution in [2.24, 2.45) is 40.7 Å². The van der Waals surface area contributed by atoms with Gasteiger partial charge in [-0.3, -0.25) is 4.79 Å². The summed E-state index contributed by atoms with van der Waals surface area (Å²) in [6, 6.07) is 0.500. The van der Waals surface area contributed by atoms with Crippen LogP contribution >= 0.6 is 0 Å². The van der Waals surface area contributed by atoms with Gasteiger partial charge in [-0.05, 0) is 90.5 Å². The van der Waals surface area contributed by atoms with Crippen molar-refractivity contribution in [3.8, 4) is 0 Å². The molecule has 13 nitrogen and oxygen atoms in total. The van der Waals surface area contributed by atoms with Gasteiger partial charge in [0.25, 0.3) is 5.91 Å². The molecular weight excluding hydrogens is 815 g/mol. The molecule has 0 aromatic heterocycles. The molecule has 3 heterocycles. The maximum absolute atomic E-state index is 14.0. The van der Waals surface area contributed by atoms with Crippen LogP contribution in [0, 0.1) is 35.5 Å². The van der Waals surface area contributed by atoms with E-state index in [1.165, 1.54) is 33.5 Å². The molecule has 0 bridgehead atoms. The molecule has 0 saturated carbocycles. The number of cyclic esters (lactones) is 1. The van der Waals surface area contributed by atoms with Gasteiger partial charge >= 0.3 is 5.97 Å². The van der Waals surface area contributed by atoms with Crippen LogP contribution in [-0.2, 0) is 28.6 Å². The Morgan fingerprint density at radius 3 is 2.28 bits per heavy atom. The summed E-state index contributed by atoms with van der Waals surface area (Å²) in [5.74, 6) is -3.63. The van der Waals surface area contributed by atoms with Gasteiger partial charge in [0.15, 0.2) is 6.61 Å². The van der Waals surface area contributed by atoms with E-state index >= 15 is 0 Å². The van der Waals surface area contributed by atoms with Gasteiger partial charge in [-0.25, -0.2) is 4.79 Å². The van der Waals surface area contributed by atoms with Gasteiger partial charge < -0.3 is 49.3 Å². The summed E-state index contributed by atoms with van der Waals surface area (Å²) in [5, 5.41) is 50.0. The van der Waals surface area contributed by atoms with E-state index in [1.54, 1.807) is 57.2 Å². The van der Waals surface area contributed by atoms with Crippen LogP contribution in [-0.4, -0.2) is 137 Å². The average Bonchev–Trinajstić information content (AvgIpc) is 3.29. The topological polar surface area (TPSA) is 171 Å². The molecule has 64 heavy (non-hydrogen) atoms. The average molecular weight is 898 g/mol. The third-order valence-corrected chi connectivity index (χ3v) is 13.6. The molecule has 13 heteroatoms. The van der Waals surface area contributed by atoms with E-state index in [0.29, 0.717) is 43.3 Å². The molecule has 3 aliphatic heterocycles. The molecule has 0 aromatic rings. The summed E-state index contributed by atoms with van der Waals surface area (Å²) >= 11 is 0. The third kappa shape index (κ3) is 16.4. The van der Waals surface area contributed by atoms with Crippen molar-refractivity contribution in [1.82, 2.24) is 9.80 Å². The summed E-state index contributed by atoms with van der Waals surface area (Å²) in [5.41, 5.74) is 1.98. The first-order chi connectivity index (χ1) is 30.5. The Labute approximate surface area is 384 Å². The second kappa shape index (κ2) is 27.8. The summed E-state index contributed by atoms with van der Waals surface area (Å²) in [6.07, 6.45) is 17.3. The van der Waals surface area contributed by atoms with E-state index in [-0.39, 0.29) is 41.9 Å². The SMILES string of the molecule is C/C=C/C(O)C(C)/C=C/C(=N/OCC(=O)N1CCC(N2CCCCC2)CC1)C(C)C(O)C(C)C1OC(=O)C(OC)=C/C(C)=C/C(C)C(O)C(CC)C(O)C(C)C/C(C)=C/C=C/C1OC. The zero-order valence-corrected chi connectivity index (χ0v) is 40.8. The number of rotatable bonds is 15. The molecule has 0 radical (unpaired) electrons. The summed E-state index contributed by atoms with van der Waals surface area (Å²) < 4.78 is 17.7. The molecule has 0 aromatic carbocycles. The number of carbonyl (C=O) groups is 2. The number of esters is 1. The van der Waals surface area contributed by atoms with Crippen molar-refractivity contribution in [2.45, 2.75) is 150 Å². The van der Waals surface area contributed by atoms with Gasteiger partial charge in [-0.1, -0.05) is 107 Å². The van der Waals surface area contributed by atoms with Crippen LogP contribution < -0.4 is 0 Å². The minimum absolute atomic E-state index is 0.0841. The fourth-order valence-corrected chi connectivity index (χ4v) is 9.31. The van der Waals surface area contributed by atoms with Crippen molar-refractivity contribution < 1.29 is 49.1 Å². The molecule has 0 spiro atoms. The van der Waals surface area contributed by atoms with Crippen LogP contribution in [0.3, 0.4) is 0 Å². The number of likely N-dealkylation sites (tertiary alicyclic amines) is 2. The number of amides is 1. The highest BCUT2D eigenvalue weighted by molar-refractivity contribution is 5.96.